The van der Waals surface area contributed by atoms with Crippen LogP contribution in [0, 0.1) is 5.41 Å². The number of aryl methyl sites for hydroxylation is 1. The van der Waals surface area contributed by atoms with Gasteiger partial charge in [0, 0.05) is 25.2 Å². The Morgan fingerprint density at radius 2 is 2.08 bits per heavy atom. The van der Waals surface area contributed by atoms with E-state index >= 15 is 0 Å². The first-order valence-corrected chi connectivity index (χ1v) is 9.42. The molecule has 1 fully saturated rings. The molecule has 1 aromatic heterocycles. The number of piperidine rings is 1. The minimum Gasteiger partial charge on any atom is -0.465 e. The van der Waals surface area contributed by atoms with Gasteiger partial charge in [0.05, 0.1) is 11.7 Å². The minimum atomic E-state index is -0.840. The lowest BCUT2D eigenvalue weighted by Crippen LogP contribution is -2.52. The molecule has 0 radical (unpaired) electrons. The number of carboxylic acid groups (broad SMARTS) is 1. The molecule has 1 N–H and O–H groups in total. The Labute approximate surface area is 154 Å². The van der Waals surface area contributed by atoms with Gasteiger partial charge in [-0.1, -0.05) is 20.8 Å². The Kier molecular flexibility index (Phi) is 5.09. The van der Waals surface area contributed by atoms with Gasteiger partial charge in [0.25, 0.3) is 0 Å². The van der Waals surface area contributed by atoms with Crippen LogP contribution in [0.5, 0.6) is 0 Å². The summed E-state index contributed by atoms with van der Waals surface area (Å²) in [6.45, 7) is 8.30. The van der Waals surface area contributed by atoms with Crippen LogP contribution < -0.4 is 4.90 Å². The number of aromatic nitrogens is 2. The van der Waals surface area contributed by atoms with Gasteiger partial charge in [-0.3, -0.25) is 0 Å². The molecule has 2 heterocycles. The molecule has 7 heteroatoms. The number of hydrogen-bond acceptors (Lipinski definition) is 4. The van der Waals surface area contributed by atoms with Crippen molar-refractivity contribution in [2.45, 2.75) is 58.9 Å². The molecule has 3 rings (SSSR count). The van der Waals surface area contributed by atoms with E-state index in [1.807, 2.05) is 0 Å². The van der Waals surface area contributed by atoms with E-state index in [2.05, 4.69) is 35.6 Å². The van der Waals surface area contributed by atoms with Crippen LogP contribution in [-0.2, 0) is 12.8 Å². The van der Waals surface area contributed by atoms with Crippen LogP contribution in [0.4, 0.5) is 10.6 Å². The quantitative estimate of drug-likeness (QED) is 0.827. The van der Waals surface area contributed by atoms with E-state index < -0.39 is 6.09 Å². The molecular formula is C18H27ClN4O2. The fraction of sp³-hybridized carbons (Fsp3) is 0.722. The zero-order valence-electron chi connectivity index (χ0n) is 15.3. The van der Waals surface area contributed by atoms with Gasteiger partial charge in [0.1, 0.15) is 5.82 Å². The van der Waals surface area contributed by atoms with Gasteiger partial charge in [0.2, 0.25) is 5.28 Å². The van der Waals surface area contributed by atoms with Crippen LogP contribution in [-0.4, -0.2) is 51.7 Å². The normalized spacial score (nSPS) is 20.5. The van der Waals surface area contributed by atoms with Crippen molar-refractivity contribution in [3.05, 3.63) is 16.5 Å². The summed E-state index contributed by atoms with van der Waals surface area (Å²) in [5, 5.41) is 10.00. The molecule has 0 bridgehead atoms. The van der Waals surface area contributed by atoms with Gasteiger partial charge in [-0.05, 0) is 49.1 Å². The summed E-state index contributed by atoms with van der Waals surface area (Å²) >= 11 is 6.13. The largest absolute Gasteiger partial charge is 0.465 e. The molecule has 25 heavy (non-hydrogen) atoms. The van der Waals surface area contributed by atoms with E-state index in [1.54, 1.807) is 4.90 Å². The molecule has 1 aromatic rings. The SMILES string of the molecule is CC(C)(C)CN(C(=O)O)[C@@H]1CCCN(c2nc(Cl)nc3c2CCC3)C1. The molecular weight excluding hydrogens is 340 g/mol. The van der Waals surface area contributed by atoms with Crippen molar-refractivity contribution in [1.82, 2.24) is 14.9 Å². The Bertz CT molecular complexity index is 659. The van der Waals surface area contributed by atoms with E-state index in [9.17, 15) is 9.90 Å². The second-order valence-corrected chi connectivity index (χ2v) is 8.65. The monoisotopic (exact) mass is 366 g/mol. The fourth-order valence-corrected chi connectivity index (χ4v) is 4.09. The van der Waals surface area contributed by atoms with E-state index in [0.717, 1.165) is 50.2 Å². The van der Waals surface area contributed by atoms with Crippen molar-refractivity contribution in [1.29, 1.82) is 0 Å². The molecule has 1 amide bonds. The molecule has 1 saturated heterocycles. The Balaban J connectivity index is 1.83. The second-order valence-electron chi connectivity index (χ2n) is 8.31. The standard InChI is InChI=1S/C18H27ClN4O2/c1-18(2,3)11-23(17(24)25)12-6-5-9-22(10-12)15-13-7-4-8-14(13)20-16(19)21-15/h12H,4-11H2,1-3H3,(H,24,25)/t12-/m1/s1. The number of halogens is 1. The second kappa shape index (κ2) is 6.98. The van der Waals surface area contributed by atoms with E-state index in [4.69, 9.17) is 11.6 Å². The number of anilines is 1. The summed E-state index contributed by atoms with van der Waals surface area (Å²) in [6, 6.07) is -0.0173. The third-order valence-corrected chi connectivity index (χ3v) is 5.08. The molecule has 0 aromatic carbocycles. The van der Waals surface area contributed by atoms with Gasteiger partial charge < -0.3 is 14.9 Å². The zero-order valence-corrected chi connectivity index (χ0v) is 16.0. The highest BCUT2D eigenvalue weighted by Gasteiger charge is 2.33. The predicted molar refractivity (Wildman–Crippen MR) is 98.5 cm³/mol. The minimum absolute atomic E-state index is 0.0173. The van der Waals surface area contributed by atoms with Crippen molar-refractivity contribution in [2.75, 3.05) is 24.5 Å². The average molecular weight is 367 g/mol. The van der Waals surface area contributed by atoms with Crippen LogP contribution in [0.1, 0.15) is 51.3 Å². The van der Waals surface area contributed by atoms with Crippen LogP contribution in [0.2, 0.25) is 5.28 Å². The molecule has 0 spiro atoms. The summed E-state index contributed by atoms with van der Waals surface area (Å²) in [4.78, 5) is 24.5. The van der Waals surface area contributed by atoms with Crippen LogP contribution in [0.3, 0.4) is 0 Å². The molecule has 1 atom stereocenters. The Hall–Kier alpha value is -1.56. The predicted octanol–water partition coefficient (Wildman–Crippen LogP) is 3.61. The number of hydrogen-bond donors (Lipinski definition) is 1. The maximum Gasteiger partial charge on any atom is 0.407 e. The molecule has 0 saturated carbocycles. The molecule has 1 aliphatic carbocycles. The molecule has 6 nitrogen and oxygen atoms in total. The maximum absolute atomic E-state index is 11.8. The number of fused-ring (bicyclic) bond motifs is 1. The first-order valence-electron chi connectivity index (χ1n) is 9.04. The maximum atomic E-state index is 11.8. The lowest BCUT2D eigenvalue weighted by atomic mass is 9.94. The summed E-state index contributed by atoms with van der Waals surface area (Å²) in [5.74, 6) is 0.915. The topological polar surface area (TPSA) is 69.6 Å². The van der Waals surface area contributed by atoms with Gasteiger partial charge in [0.15, 0.2) is 0 Å². The van der Waals surface area contributed by atoms with Crippen molar-refractivity contribution in [3.8, 4) is 0 Å². The van der Waals surface area contributed by atoms with Gasteiger partial charge >= 0.3 is 6.09 Å². The number of rotatable bonds is 3. The molecule has 2 aliphatic rings. The molecule has 0 unspecified atom stereocenters. The van der Waals surface area contributed by atoms with Gasteiger partial charge in [-0.15, -0.1) is 0 Å². The summed E-state index contributed by atoms with van der Waals surface area (Å²) in [7, 11) is 0. The number of nitrogens with zero attached hydrogens (tertiary/aromatic N) is 4. The average Bonchev–Trinajstić information content (AvgIpc) is 2.99. The van der Waals surface area contributed by atoms with Crippen molar-refractivity contribution in [3.63, 3.8) is 0 Å². The van der Waals surface area contributed by atoms with Crippen LogP contribution >= 0.6 is 11.6 Å². The first kappa shape index (κ1) is 18.2. The highest BCUT2D eigenvalue weighted by molar-refractivity contribution is 6.28. The summed E-state index contributed by atoms with van der Waals surface area (Å²) in [5.41, 5.74) is 2.19. The molecule has 1 aliphatic heterocycles. The van der Waals surface area contributed by atoms with Crippen LogP contribution in [0.25, 0.3) is 0 Å². The lowest BCUT2D eigenvalue weighted by molar-refractivity contribution is 0.0962. The van der Waals surface area contributed by atoms with Crippen molar-refractivity contribution < 1.29 is 9.90 Å². The lowest BCUT2D eigenvalue weighted by Gasteiger charge is -2.41. The highest BCUT2D eigenvalue weighted by atomic mass is 35.5. The fourth-order valence-electron chi connectivity index (χ4n) is 3.91. The summed E-state index contributed by atoms with van der Waals surface area (Å²) in [6.07, 6.45) is 4.02. The smallest absolute Gasteiger partial charge is 0.407 e. The summed E-state index contributed by atoms with van der Waals surface area (Å²) < 4.78 is 0. The number of amides is 1. The number of carbonyl (C=O) groups is 1. The van der Waals surface area contributed by atoms with Crippen LogP contribution in [0.15, 0.2) is 0 Å². The van der Waals surface area contributed by atoms with E-state index in [0.29, 0.717) is 18.4 Å². The van der Waals surface area contributed by atoms with Crippen molar-refractivity contribution in [2.24, 2.45) is 5.41 Å². The molecule has 138 valence electrons. The first-order chi connectivity index (χ1) is 11.7. The zero-order chi connectivity index (χ0) is 18.2. The third-order valence-electron chi connectivity index (χ3n) is 4.91. The van der Waals surface area contributed by atoms with Gasteiger partial charge in [-0.25, -0.2) is 14.8 Å². The highest BCUT2D eigenvalue weighted by Crippen LogP contribution is 2.32. The van der Waals surface area contributed by atoms with E-state index in [1.165, 1.54) is 5.56 Å². The third kappa shape index (κ3) is 4.17. The van der Waals surface area contributed by atoms with Gasteiger partial charge in [-0.2, -0.15) is 0 Å². The van der Waals surface area contributed by atoms with Crippen molar-refractivity contribution >= 4 is 23.5 Å². The Morgan fingerprint density at radius 3 is 2.76 bits per heavy atom. The Morgan fingerprint density at radius 1 is 1.32 bits per heavy atom. The van der Waals surface area contributed by atoms with E-state index in [-0.39, 0.29) is 11.5 Å².